The van der Waals surface area contributed by atoms with Crippen LogP contribution in [0.3, 0.4) is 0 Å². The van der Waals surface area contributed by atoms with Crippen LogP contribution in [-0.4, -0.2) is 57.9 Å². The number of carboxylic acids is 1. The number of pyridine rings is 1. The maximum Gasteiger partial charge on any atom is 0.303 e. The summed E-state index contributed by atoms with van der Waals surface area (Å²) in [4.78, 5) is 30.6. The fourth-order valence-electron chi connectivity index (χ4n) is 2.45. The van der Waals surface area contributed by atoms with Gasteiger partial charge in [-0.15, -0.1) is 0 Å². The Hall–Kier alpha value is -1.95. The van der Waals surface area contributed by atoms with Crippen LogP contribution in [0.5, 0.6) is 0 Å². The molecule has 2 rings (SSSR count). The summed E-state index contributed by atoms with van der Waals surface area (Å²) in [6.45, 7) is 3.98. The van der Waals surface area contributed by atoms with Gasteiger partial charge in [0.1, 0.15) is 0 Å². The first kappa shape index (κ1) is 15.4. The number of carboxylic acid groups (broad SMARTS) is 1. The number of aromatic nitrogens is 1. The quantitative estimate of drug-likeness (QED) is 0.846. The normalized spacial score (nSPS) is 15.9. The van der Waals surface area contributed by atoms with Crippen LogP contribution in [0.1, 0.15) is 24.8 Å². The van der Waals surface area contributed by atoms with Crippen molar-refractivity contribution in [2.75, 3.05) is 26.2 Å². The molecule has 1 N–H and O–H groups in total. The Morgan fingerprint density at radius 1 is 1.19 bits per heavy atom. The van der Waals surface area contributed by atoms with Crippen LogP contribution in [0, 0.1) is 0 Å². The predicted octanol–water partition coefficient (Wildman–Crippen LogP) is 0.981. The van der Waals surface area contributed by atoms with Crippen molar-refractivity contribution < 1.29 is 14.7 Å². The van der Waals surface area contributed by atoms with Gasteiger partial charge in [-0.05, 0) is 18.1 Å². The zero-order valence-electron chi connectivity index (χ0n) is 12.1. The van der Waals surface area contributed by atoms with Gasteiger partial charge in [0.15, 0.2) is 0 Å². The Morgan fingerprint density at radius 3 is 2.57 bits per heavy atom. The molecule has 0 unspecified atom stereocenters. The summed E-state index contributed by atoms with van der Waals surface area (Å²) in [5.74, 6) is -0.777. The summed E-state index contributed by atoms with van der Waals surface area (Å²) in [5, 5.41) is 8.57. The molecule has 0 saturated carbocycles. The predicted molar refractivity (Wildman–Crippen MR) is 77.6 cm³/mol. The first-order valence-corrected chi connectivity index (χ1v) is 7.26. The van der Waals surface area contributed by atoms with Gasteiger partial charge in [-0.2, -0.15) is 0 Å². The molecule has 21 heavy (non-hydrogen) atoms. The molecule has 1 amide bonds. The zero-order chi connectivity index (χ0) is 15.1. The van der Waals surface area contributed by atoms with Crippen LogP contribution in [0.2, 0.25) is 0 Å². The third-order valence-electron chi connectivity index (χ3n) is 3.64. The number of amides is 1. The second kappa shape index (κ2) is 7.73. The van der Waals surface area contributed by atoms with Crippen molar-refractivity contribution in [2.24, 2.45) is 0 Å². The molecule has 1 fully saturated rings. The summed E-state index contributed by atoms with van der Waals surface area (Å²) < 4.78 is 0. The molecule has 6 heteroatoms. The monoisotopic (exact) mass is 291 g/mol. The van der Waals surface area contributed by atoms with E-state index in [0.717, 1.165) is 19.6 Å². The van der Waals surface area contributed by atoms with Gasteiger partial charge >= 0.3 is 5.97 Å². The summed E-state index contributed by atoms with van der Waals surface area (Å²) in [5.41, 5.74) is 1.18. The van der Waals surface area contributed by atoms with Crippen molar-refractivity contribution in [3.8, 4) is 0 Å². The van der Waals surface area contributed by atoms with Gasteiger partial charge in [0.05, 0.1) is 0 Å². The van der Waals surface area contributed by atoms with E-state index in [-0.39, 0.29) is 12.3 Å². The van der Waals surface area contributed by atoms with E-state index in [1.807, 2.05) is 17.2 Å². The van der Waals surface area contributed by atoms with E-state index < -0.39 is 5.97 Å². The third kappa shape index (κ3) is 5.15. The van der Waals surface area contributed by atoms with E-state index in [4.69, 9.17) is 5.11 Å². The highest BCUT2D eigenvalue weighted by molar-refractivity contribution is 5.77. The maximum absolute atomic E-state index is 11.9. The molecule has 114 valence electrons. The van der Waals surface area contributed by atoms with Crippen molar-refractivity contribution >= 4 is 11.9 Å². The van der Waals surface area contributed by atoms with Crippen LogP contribution in [0.25, 0.3) is 0 Å². The fraction of sp³-hybridized carbons (Fsp3) is 0.533. The molecule has 0 aliphatic carbocycles. The lowest BCUT2D eigenvalue weighted by Crippen LogP contribution is -2.48. The Bertz CT molecular complexity index is 470. The topological polar surface area (TPSA) is 73.7 Å². The van der Waals surface area contributed by atoms with Crippen molar-refractivity contribution in [3.63, 3.8) is 0 Å². The Morgan fingerprint density at radius 2 is 1.95 bits per heavy atom. The average molecular weight is 291 g/mol. The minimum Gasteiger partial charge on any atom is -0.481 e. The van der Waals surface area contributed by atoms with Gasteiger partial charge in [-0.25, -0.2) is 0 Å². The van der Waals surface area contributed by atoms with Crippen LogP contribution < -0.4 is 0 Å². The lowest BCUT2D eigenvalue weighted by molar-refractivity contribution is -0.137. The van der Waals surface area contributed by atoms with E-state index in [2.05, 4.69) is 16.0 Å². The average Bonchev–Trinajstić information content (AvgIpc) is 2.48. The molecule has 1 aromatic rings. The lowest BCUT2D eigenvalue weighted by atomic mass is 10.2. The molecule has 0 aromatic carbocycles. The number of hydrogen-bond acceptors (Lipinski definition) is 4. The molecule has 0 radical (unpaired) electrons. The minimum atomic E-state index is -0.843. The number of aliphatic carboxylic acids is 1. The zero-order valence-corrected chi connectivity index (χ0v) is 12.1. The largest absolute Gasteiger partial charge is 0.481 e. The highest BCUT2D eigenvalue weighted by Gasteiger charge is 2.20. The second-order valence-corrected chi connectivity index (χ2v) is 5.27. The molecular formula is C15H21N3O3. The molecule has 0 atom stereocenters. The Labute approximate surface area is 124 Å². The molecular weight excluding hydrogens is 270 g/mol. The smallest absolute Gasteiger partial charge is 0.303 e. The Kier molecular flexibility index (Phi) is 5.68. The highest BCUT2D eigenvalue weighted by Crippen LogP contribution is 2.09. The molecule has 0 spiro atoms. The molecule has 1 aromatic heterocycles. The molecule has 1 aliphatic heterocycles. The van der Waals surface area contributed by atoms with Crippen LogP contribution >= 0.6 is 0 Å². The lowest BCUT2D eigenvalue weighted by Gasteiger charge is -2.34. The number of hydrogen-bond donors (Lipinski definition) is 1. The van der Waals surface area contributed by atoms with Crippen LogP contribution in [0.4, 0.5) is 0 Å². The summed E-state index contributed by atoms with van der Waals surface area (Å²) in [6, 6.07) is 3.98. The molecule has 1 aliphatic rings. The first-order chi connectivity index (χ1) is 10.1. The maximum atomic E-state index is 11.9. The van der Waals surface area contributed by atoms with Gasteiger partial charge in [0.25, 0.3) is 0 Å². The Balaban J connectivity index is 1.70. The fourth-order valence-corrected chi connectivity index (χ4v) is 2.45. The number of carbonyl (C=O) groups is 2. The number of carbonyl (C=O) groups excluding carboxylic acids is 1. The third-order valence-corrected chi connectivity index (χ3v) is 3.64. The number of rotatable bonds is 6. The molecule has 1 saturated heterocycles. The highest BCUT2D eigenvalue weighted by atomic mass is 16.4. The SMILES string of the molecule is O=C(O)CCCC(=O)N1CCN(Cc2cccnc2)CC1. The van der Waals surface area contributed by atoms with Gasteiger partial charge in [-0.1, -0.05) is 6.07 Å². The van der Waals surface area contributed by atoms with Crippen molar-refractivity contribution in [3.05, 3.63) is 30.1 Å². The molecule has 2 heterocycles. The van der Waals surface area contributed by atoms with E-state index in [1.165, 1.54) is 5.56 Å². The van der Waals surface area contributed by atoms with E-state index in [1.54, 1.807) is 6.20 Å². The van der Waals surface area contributed by atoms with E-state index >= 15 is 0 Å². The summed E-state index contributed by atoms with van der Waals surface area (Å²) >= 11 is 0. The van der Waals surface area contributed by atoms with Crippen molar-refractivity contribution in [2.45, 2.75) is 25.8 Å². The summed E-state index contributed by atoms with van der Waals surface area (Å²) in [6.07, 6.45) is 4.44. The van der Waals surface area contributed by atoms with Crippen molar-refractivity contribution in [1.82, 2.24) is 14.8 Å². The molecule has 6 nitrogen and oxygen atoms in total. The molecule has 0 bridgehead atoms. The van der Waals surface area contributed by atoms with Crippen LogP contribution in [-0.2, 0) is 16.1 Å². The van der Waals surface area contributed by atoms with Gasteiger partial charge in [0, 0.05) is 58.0 Å². The summed E-state index contributed by atoms with van der Waals surface area (Å²) in [7, 11) is 0. The van der Waals surface area contributed by atoms with E-state index in [0.29, 0.717) is 25.9 Å². The first-order valence-electron chi connectivity index (χ1n) is 7.26. The van der Waals surface area contributed by atoms with Gasteiger partial charge < -0.3 is 10.0 Å². The van der Waals surface area contributed by atoms with Gasteiger partial charge in [-0.3, -0.25) is 19.5 Å². The van der Waals surface area contributed by atoms with Crippen LogP contribution in [0.15, 0.2) is 24.5 Å². The number of nitrogens with zero attached hydrogens (tertiary/aromatic N) is 3. The van der Waals surface area contributed by atoms with Gasteiger partial charge in [0.2, 0.25) is 5.91 Å². The van der Waals surface area contributed by atoms with E-state index in [9.17, 15) is 9.59 Å². The minimum absolute atomic E-state index is 0.0622. The van der Waals surface area contributed by atoms with Crippen molar-refractivity contribution in [1.29, 1.82) is 0 Å². The standard InChI is InChI=1S/C15H21N3O3/c19-14(4-1-5-15(20)21)18-9-7-17(8-10-18)12-13-3-2-6-16-11-13/h2-3,6,11H,1,4-5,7-10,12H2,(H,20,21). The second-order valence-electron chi connectivity index (χ2n) is 5.27. The number of piperazine rings is 1.